The normalized spacial score (nSPS) is 17.6. The van der Waals surface area contributed by atoms with Crippen molar-refractivity contribution in [3.63, 3.8) is 0 Å². The van der Waals surface area contributed by atoms with Crippen LogP contribution in [0.4, 0.5) is 13.2 Å². The maximum absolute atomic E-state index is 13.0. The van der Waals surface area contributed by atoms with Gasteiger partial charge in [0.25, 0.3) is 0 Å². The average molecular weight is 416 g/mol. The van der Waals surface area contributed by atoms with Gasteiger partial charge in [-0.2, -0.15) is 13.2 Å². The molecule has 7 heteroatoms. The van der Waals surface area contributed by atoms with Crippen LogP contribution in [0.2, 0.25) is 0 Å². The first kappa shape index (κ1) is 20.7. The molecule has 0 spiro atoms. The highest BCUT2D eigenvalue weighted by Crippen LogP contribution is 2.37. The Bertz CT molecular complexity index is 491. The fraction of sp³-hybridized carbons (Fsp3) is 0.625. The minimum Gasteiger partial charge on any atom is -0.314 e. The van der Waals surface area contributed by atoms with Gasteiger partial charge in [0.05, 0.1) is 5.56 Å². The Kier molecular flexibility index (Phi) is 8.35. The van der Waals surface area contributed by atoms with Crippen LogP contribution in [0, 0.1) is 0 Å². The van der Waals surface area contributed by atoms with Gasteiger partial charge in [-0.1, -0.05) is 35.7 Å². The highest BCUT2D eigenvalue weighted by Gasteiger charge is 2.32. The molecule has 132 valence electrons. The van der Waals surface area contributed by atoms with Crippen molar-refractivity contribution in [2.45, 2.75) is 38.4 Å². The monoisotopic (exact) mass is 414 g/mol. The maximum Gasteiger partial charge on any atom is 0.416 e. The Morgan fingerprint density at radius 1 is 1.26 bits per heavy atom. The Labute approximate surface area is 150 Å². The third kappa shape index (κ3) is 5.62. The largest absolute Gasteiger partial charge is 0.416 e. The predicted octanol–water partition coefficient (Wildman–Crippen LogP) is 5.03. The van der Waals surface area contributed by atoms with Crippen LogP contribution in [-0.4, -0.2) is 31.1 Å². The van der Waals surface area contributed by atoms with Crippen molar-refractivity contribution < 1.29 is 13.2 Å². The van der Waals surface area contributed by atoms with Crippen LogP contribution in [0.25, 0.3) is 0 Å². The fourth-order valence-corrected chi connectivity index (χ4v) is 3.41. The Balaban J connectivity index is 0.00000264. The van der Waals surface area contributed by atoms with E-state index in [1.54, 1.807) is 0 Å². The van der Waals surface area contributed by atoms with Crippen LogP contribution >= 0.6 is 28.3 Å². The lowest BCUT2D eigenvalue weighted by atomic mass is 9.97. The van der Waals surface area contributed by atoms with E-state index >= 15 is 0 Å². The summed E-state index contributed by atoms with van der Waals surface area (Å²) in [6, 6.07) is 4.02. The highest BCUT2D eigenvalue weighted by atomic mass is 79.9. The second-order valence-electron chi connectivity index (χ2n) is 5.68. The molecule has 23 heavy (non-hydrogen) atoms. The molecular weight excluding hydrogens is 393 g/mol. The molecule has 1 fully saturated rings. The summed E-state index contributed by atoms with van der Waals surface area (Å²) < 4.78 is 39.8. The number of piperazine rings is 1. The molecule has 0 aliphatic carbocycles. The smallest absolute Gasteiger partial charge is 0.314 e. The summed E-state index contributed by atoms with van der Waals surface area (Å²) >= 11 is 3.45. The van der Waals surface area contributed by atoms with Crippen molar-refractivity contribution in [1.29, 1.82) is 0 Å². The highest BCUT2D eigenvalue weighted by molar-refractivity contribution is 9.10. The van der Waals surface area contributed by atoms with Crippen LogP contribution < -0.4 is 5.32 Å². The third-order valence-corrected chi connectivity index (χ3v) is 4.83. The van der Waals surface area contributed by atoms with Gasteiger partial charge < -0.3 is 5.32 Å². The lowest BCUT2D eigenvalue weighted by molar-refractivity contribution is -0.137. The van der Waals surface area contributed by atoms with Crippen LogP contribution in [-0.2, 0) is 6.18 Å². The molecule has 1 aliphatic rings. The maximum atomic E-state index is 13.0. The van der Waals surface area contributed by atoms with Crippen LogP contribution in [0.5, 0.6) is 0 Å². The molecule has 1 heterocycles. The van der Waals surface area contributed by atoms with Gasteiger partial charge in [-0.05, 0) is 30.2 Å². The molecular formula is C16H23BrClF3N2. The van der Waals surface area contributed by atoms with E-state index in [1.165, 1.54) is 12.1 Å². The molecule has 2 rings (SSSR count). The van der Waals surface area contributed by atoms with E-state index in [0.29, 0.717) is 0 Å². The summed E-state index contributed by atoms with van der Waals surface area (Å²) in [5.41, 5.74) is 0.188. The summed E-state index contributed by atoms with van der Waals surface area (Å²) in [4.78, 5) is 2.30. The van der Waals surface area contributed by atoms with Crippen molar-refractivity contribution in [1.82, 2.24) is 10.2 Å². The Morgan fingerprint density at radius 2 is 1.91 bits per heavy atom. The number of hydrogen-bond acceptors (Lipinski definition) is 2. The van der Waals surface area contributed by atoms with Gasteiger partial charge >= 0.3 is 6.18 Å². The van der Waals surface area contributed by atoms with E-state index in [-0.39, 0.29) is 18.4 Å². The van der Waals surface area contributed by atoms with Gasteiger partial charge in [0.1, 0.15) is 0 Å². The van der Waals surface area contributed by atoms with Crippen molar-refractivity contribution >= 4 is 28.3 Å². The van der Waals surface area contributed by atoms with Gasteiger partial charge in [-0.15, -0.1) is 12.4 Å². The number of hydrogen-bond donors (Lipinski definition) is 1. The number of nitrogens with one attached hydrogen (secondary N) is 1. The molecule has 1 N–H and O–H groups in total. The van der Waals surface area contributed by atoms with Crippen molar-refractivity contribution in [3.8, 4) is 0 Å². The molecule has 0 unspecified atom stereocenters. The molecule has 0 amide bonds. The lowest BCUT2D eigenvalue weighted by Crippen LogP contribution is -2.45. The molecule has 0 aromatic heterocycles. The van der Waals surface area contributed by atoms with E-state index in [0.717, 1.165) is 61.5 Å². The number of benzene rings is 1. The summed E-state index contributed by atoms with van der Waals surface area (Å²) in [7, 11) is 0. The SMILES string of the molecule is CCCC[C@H](c1cc(C(F)(F)F)ccc1Br)N1CCNCC1.Cl. The minimum absolute atomic E-state index is 0. The zero-order valence-electron chi connectivity index (χ0n) is 13.1. The van der Waals surface area contributed by atoms with Crippen molar-refractivity contribution in [2.75, 3.05) is 26.2 Å². The molecule has 1 aliphatic heterocycles. The van der Waals surface area contributed by atoms with E-state index in [2.05, 4.69) is 33.1 Å². The van der Waals surface area contributed by atoms with E-state index in [1.807, 2.05) is 0 Å². The lowest BCUT2D eigenvalue weighted by Gasteiger charge is -2.36. The van der Waals surface area contributed by atoms with E-state index in [4.69, 9.17) is 0 Å². The first-order chi connectivity index (χ1) is 10.4. The van der Waals surface area contributed by atoms with E-state index in [9.17, 15) is 13.2 Å². The summed E-state index contributed by atoms with van der Waals surface area (Å²) in [6.07, 6.45) is -1.36. The van der Waals surface area contributed by atoms with Gasteiger partial charge in [-0.3, -0.25) is 4.90 Å². The summed E-state index contributed by atoms with van der Waals surface area (Å²) in [6.45, 7) is 5.63. The second-order valence-corrected chi connectivity index (χ2v) is 6.53. The van der Waals surface area contributed by atoms with Crippen LogP contribution in [0.15, 0.2) is 22.7 Å². The summed E-state index contributed by atoms with van der Waals surface area (Å²) in [5, 5.41) is 3.29. The van der Waals surface area contributed by atoms with E-state index < -0.39 is 11.7 Å². The number of halogens is 5. The molecule has 1 atom stereocenters. The molecule has 1 aromatic carbocycles. The van der Waals surface area contributed by atoms with Gasteiger partial charge in [-0.25, -0.2) is 0 Å². The predicted molar refractivity (Wildman–Crippen MR) is 93.1 cm³/mol. The first-order valence-corrected chi connectivity index (χ1v) is 8.54. The minimum atomic E-state index is -4.30. The molecule has 0 bridgehead atoms. The van der Waals surface area contributed by atoms with Crippen LogP contribution in [0.1, 0.15) is 43.4 Å². The molecule has 0 saturated carbocycles. The third-order valence-electron chi connectivity index (χ3n) is 4.11. The first-order valence-electron chi connectivity index (χ1n) is 7.75. The number of unbranched alkanes of at least 4 members (excludes halogenated alkanes) is 1. The van der Waals surface area contributed by atoms with Gasteiger partial charge in [0.15, 0.2) is 0 Å². The average Bonchev–Trinajstić information content (AvgIpc) is 2.49. The number of alkyl halides is 3. The topological polar surface area (TPSA) is 15.3 Å². The zero-order valence-corrected chi connectivity index (χ0v) is 15.5. The molecule has 1 aromatic rings. The standard InChI is InChI=1S/C16H22BrF3N2.ClH/c1-2-3-4-15(22-9-7-21-8-10-22)13-11-12(16(18,19)20)5-6-14(13)17;/h5-6,11,15,21H,2-4,7-10H2,1H3;1H/t15-;/m1./s1. The van der Waals surface area contributed by atoms with Crippen LogP contribution in [0.3, 0.4) is 0 Å². The fourth-order valence-electron chi connectivity index (χ4n) is 2.90. The van der Waals surface area contributed by atoms with Gasteiger partial charge in [0.2, 0.25) is 0 Å². The Morgan fingerprint density at radius 3 is 2.48 bits per heavy atom. The Hall–Kier alpha value is -0.300. The zero-order chi connectivity index (χ0) is 16.2. The summed E-state index contributed by atoms with van der Waals surface area (Å²) in [5.74, 6) is 0. The number of rotatable bonds is 5. The molecule has 2 nitrogen and oxygen atoms in total. The molecule has 1 saturated heterocycles. The van der Waals surface area contributed by atoms with Crippen molar-refractivity contribution in [2.24, 2.45) is 0 Å². The quantitative estimate of drug-likeness (QED) is 0.726. The number of nitrogens with zero attached hydrogens (tertiary/aromatic N) is 1. The van der Waals surface area contributed by atoms with Gasteiger partial charge in [0, 0.05) is 36.7 Å². The second kappa shape index (κ2) is 9.25. The molecule has 0 radical (unpaired) electrons. The van der Waals surface area contributed by atoms with Crippen molar-refractivity contribution in [3.05, 3.63) is 33.8 Å².